The van der Waals surface area contributed by atoms with Gasteiger partial charge in [-0.1, -0.05) is 6.07 Å². The number of rotatable bonds is 2. The van der Waals surface area contributed by atoms with E-state index < -0.39 is 11.8 Å². The molecule has 0 radical (unpaired) electrons. The molecule has 0 heterocycles. The highest BCUT2D eigenvalue weighted by molar-refractivity contribution is 5.88. The van der Waals surface area contributed by atoms with Crippen LogP contribution in [0.4, 0.5) is 4.39 Å². The molecular weight excluding hydrogens is 197 g/mol. The van der Waals surface area contributed by atoms with Crippen molar-refractivity contribution in [1.29, 1.82) is 0 Å². The molecule has 0 aliphatic rings. The molecule has 1 aromatic carbocycles. The molecule has 0 aliphatic heterocycles. The molecule has 0 bridgehead atoms. The summed E-state index contributed by atoms with van der Waals surface area (Å²) in [6, 6.07) is 3.80. The maximum absolute atomic E-state index is 12.7. The number of hydrogen-bond donors (Lipinski definition) is 2. The fraction of sp³-hybridized carbons (Fsp3) is 0.125. The van der Waals surface area contributed by atoms with E-state index >= 15 is 0 Å². The largest absolute Gasteiger partial charge is 0.478 e. The lowest BCUT2D eigenvalue weighted by molar-refractivity contribution is 0.0692. The van der Waals surface area contributed by atoms with Gasteiger partial charge in [0.05, 0.1) is 5.56 Å². The highest BCUT2D eigenvalue weighted by Gasteiger charge is 2.09. The molecule has 0 amide bonds. The second-order valence-corrected chi connectivity index (χ2v) is 2.32. The standard InChI is InChI=1S/C8H8FNO2.ClH/c9-7-2-1-5(4-10)3-6(7)8(11)12;/h1-3H,4,10H2,(H,11,12);1H. The molecule has 72 valence electrons. The second-order valence-electron chi connectivity index (χ2n) is 2.32. The van der Waals surface area contributed by atoms with Gasteiger partial charge in [0.15, 0.2) is 0 Å². The van der Waals surface area contributed by atoms with Crippen molar-refractivity contribution < 1.29 is 14.3 Å². The summed E-state index contributed by atoms with van der Waals surface area (Å²) >= 11 is 0. The normalized spacial score (nSPS) is 9.08. The second kappa shape index (κ2) is 4.79. The average Bonchev–Trinajstić information content (AvgIpc) is 2.05. The topological polar surface area (TPSA) is 63.3 Å². The number of carboxylic acid groups (broad SMARTS) is 1. The fourth-order valence-electron chi connectivity index (χ4n) is 0.863. The number of benzene rings is 1. The third-order valence-electron chi connectivity index (χ3n) is 1.50. The highest BCUT2D eigenvalue weighted by atomic mass is 35.5. The van der Waals surface area contributed by atoms with E-state index in [1.165, 1.54) is 12.1 Å². The van der Waals surface area contributed by atoms with Crippen molar-refractivity contribution >= 4 is 18.4 Å². The van der Waals surface area contributed by atoms with Gasteiger partial charge in [-0.05, 0) is 17.7 Å². The first-order chi connectivity index (χ1) is 5.65. The van der Waals surface area contributed by atoms with Crippen molar-refractivity contribution in [3.05, 3.63) is 35.1 Å². The minimum Gasteiger partial charge on any atom is -0.478 e. The van der Waals surface area contributed by atoms with Crippen molar-refractivity contribution in [3.8, 4) is 0 Å². The highest BCUT2D eigenvalue weighted by Crippen LogP contribution is 2.09. The van der Waals surface area contributed by atoms with Crippen molar-refractivity contribution in [2.75, 3.05) is 0 Å². The Morgan fingerprint density at radius 1 is 1.54 bits per heavy atom. The van der Waals surface area contributed by atoms with Gasteiger partial charge in [-0.15, -0.1) is 12.4 Å². The zero-order valence-corrected chi connectivity index (χ0v) is 7.47. The molecule has 13 heavy (non-hydrogen) atoms. The van der Waals surface area contributed by atoms with Crippen LogP contribution in [0.25, 0.3) is 0 Å². The monoisotopic (exact) mass is 205 g/mol. The smallest absolute Gasteiger partial charge is 0.338 e. The molecule has 3 N–H and O–H groups in total. The summed E-state index contributed by atoms with van der Waals surface area (Å²) in [6.45, 7) is 0.209. The molecule has 5 heteroatoms. The summed E-state index contributed by atoms with van der Waals surface area (Å²) in [6.07, 6.45) is 0. The predicted octanol–water partition coefficient (Wildman–Crippen LogP) is 1.40. The Bertz CT molecular complexity index is 317. The van der Waals surface area contributed by atoms with Crippen LogP contribution >= 0.6 is 12.4 Å². The molecule has 0 unspecified atom stereocenters. The third kappa shape index (κ3) is 2.68. The van der Waals surface area contributed by atoms with E-state index in [0.29, 0.717) is 5.56 Å². The lowest BCUT2D eigenvalue weighted by Crippen LogP contribution is -2.04. The first-order valence-electron chi connectivity index (χ1n) is 3.37. The molecule has 0 aliphatic carbocycles. The molecule has 1 aromatic rings. The lowest BCUT2D eigenvalue weighted by Gasteiger charge is -1.99. The molecule has 0 spiro atoms. The number of carboxylic acids is 1. The van der Waals surface area contributed by atoms with Crippen LogP contribution in [0, 0.1) is 5.82 Å². The zero-order chi connectivity index (χ0) is 9.14. The van der Waals surface area contributed by atoms with Crippen LogP contribution in [-0.4, -0.2) is 11.1 Å². The molecule has 0 aromatic heterocycles. The van der Waals surface area contributed by atoms with Crippen LogP contribution in [0.1, 0.15) is 15.9 Å². The minimum atomic E-state index is -1.28. The maximum atomic E-state index is 12.7. The van der Waals surface area contributed by atoms with Crippen LogP contribution in [0.5, 0.6) is 0 Å². The van der Waals surface area contributed by atoms with Gasteiger partial charge in [0.2, 0.25) is 0 Å². The minimum absolute atomic E-state index is 0. The first kappa shape index (κ1) is 11.9. The molecular formula is C8H9ClFNO2. The number of carbonyl (C=O) groups is 1. The Labute approximate surface area is 80.8 Å². The van der Waals surface area contributed by atoms with Gasteiger partial charge in [0.25, 0.3) is 0 Å². The van der Waals surface area contributed by atoms with E-state index in [9.17, 15) is 9.18 Å². The quantitative estimate of drug-likeness (QED) is 0.767. The van der Waals surface area contributed by atoms with Gasteiger partial charge < -0.3 is 10.8 Å². The van der Waals surface area contributed by atoms with Crippen LogP contribution in [-0.2, 0) is 6.54 Å². The Morgan fingerprint density at radius 2 is 2.15 bits per heavy atom. The lowest BCUT2D eigenvalue weighted by atomic mass is 10.1. The van der Waals surface area contributed by atoms with Gasteiger partial charge >= 0.3 is 5.97 Å². The Kier molecular flexibility index (Phi) is 4.37. The number of aromatic carboxylic acids is 1. The Hall–Kier alpha value is -1.13. The summed E-state index contributed by atoms with van der Waals surface area (Å²) in [4.78, 5) is 10.4. The van der Waals surface area contributed by atoms with Crippen molar-refractivity contribution in [2.24, 2.45) is 5.73 Å². The van der Waals surface area contributed by atoms with Crippen LogP contribution < -0.4 is 5.73 Å². The summed E-state index contributed by atoms with van der Waals surface area (Å²) < 4.78 is 12.7. The van der Waals surface area contributed by atoms with Crippen molar-refractivity contribution in [3.63, 3.8) is 0 Å². The van der Waals surface area contributed by atoms with Gasteiger partial charge in [-0.3, -0.25) is 0 Å². The van der Waals surface area contributed by atoms with E-state index in [-0.39, 0.29) is 24.5 Å². The van der Waals surface area contributed by atoms with E-state index in [2.05, 4.69) is 0 Å². The van der Waals surface area contributed by atoms with Gasteiger partial charge in [-0.25, -0.2) is 9.18 Å². The van der Waals surface area contributed by atoms with Crippen molar-refractivity contribution in [2.45, 2.75) is 6.54 Å². The SMILES string of the molecule is Cl.NCc1ccc(F)c(C(=O)O)c1. The van der Waals surface area contributed by atoms with E-state index in [1.54, 1.807) is 0 Å². The molecule has 0 saturated carbocycles. The maximum Gasteiger partial charge on any atom is 0.338 e. The van der Waals surface area contributed by atoms with Gasteiger partial charge in [-0.2, -0.15) is 0 Å². The molecule has 1 rings (SSSR count). The summed E-state index contributed by atoms with van der Waals surface area (Å²) in [5, 5.41) is 8.50. The summed E-state index contributed by atoms with van der Waals surface area (Å²) in [5.41, 5.74) is 5.52. The van der Waals surface area contributed by atoms with Gasteiger partial charge in [0.1, 0.15) is 5.82 Å². The Morgan fingerprint density at radius 3 is 2.62 bits per heavy atom. The molecule has 3 nitrogen and oxygen atoms in total. The van der Waals surface area contributed by atoms with Gasteiger partial charge in [0, 0.05) is 6.54 Å². The van der Waals surface area contributed by atoms with Crippen LogP contribution in [0.15, 0.2) is 18.2 Å². The number of nitrogens with two attached hydrogens (primary N) is 1. The summed E-state index contributed by atoms with van der Waals surface area (Å²) in [5.74, 6) is -2.01. The van der Waals surface area contributed by atoms with E-state index in [0.717, 1.165) is 6.07 Å². The van der Waals surface area contributed by atoms with E-state index in [4.69, 9.17) is 10.8 Å². The predicted molar refractivity (Wildman–Crippen MR) is 48.5 cm³/mol. The van der Waals surface area contributed by atoms with Crippen LogP contribution in [0.2, 0.25) is 0 Å². The third-order valence-corrected chi connectivity index (χ3v) is 1.50. The molecule has 0 saturated heterocycles. The molecule has 0 atom stereocenters. The molecule has 0 fully saturated rings. The first-order valence-corrected chi connectivity index (χ1v) is 3.37. The number of hydrogen-bond acceptors (Lipinski definition) is 2. The fourth-order valence-corrected chi connectivity index (χ4v) is 0.863. The average molecular weight is 206 g/mol. The van der Waals surface area contributed by atoms with Crippen LogP contribution in [0.3, 0.4) is 0 Å². The summed E-state index contributed by atoms with van der Waals surface area (Å²) in [7, 11) is 0. The zero-order valence-electron chi connectivity index (χ0n) is 6.66. The van der Waals surface area contributed by atoms with Crippen molar-refractivity contribution in [1.82, 2.24) is 0 Å². The Balaban J connectivity index is 0.00000144. The van der Waals surface area contributed by atoms with E-state index in [1.807, 2.05) is 0 Å². The number of halogens is 2.